The summed E-state index contributed by atoms with van der Waals surface area (Å²) in [5.74, 6) is 1.13. The van der Waals surface area contributed by atoms with Gasteiger partial charge in [0, 0.05) is 25.8 Å². The van der Waals surface area contributed by atoms with E-state index in [0.717, 1.165) is 19.6 Å². The van der Waals surface area contributed by atoms with Crippen LogP contribution in [0.1, 0.15) is 19.5 Å². The number of nitrogen functional groups attached to an aromatic ring is 1. The first-order chi connectivity index (χ1) is 8.90. The molecule has 0 unspecified atom stereocenters. The van der Waals surface area contributed by atoms with Crippen LogP contribution in [0.2, 0.25) is 0 Å². The van der Waals surface area contributed by atoms with E-state index in [1.54, 1.807) is 12.3 Å². The molecule has 1 rings (SSSR count). The molecule has 0 atom stereocenters. The molecule has 6 nitrogen and oxygen atoms in total. The maximum atomic E-state index is 7.45. The standard InChI is InChI=1S/C13H24N6/c1-10(2)9-19(8-7-18(3)4)13-16-6-5-11(17-13)12(14)15/h5-6,10H,7-9H2,1-4H3,(H3,14,15). The van der Waals surface area contributed by atoms with Gasteiger partial charge in [-0.2, -0.15) is 0 Å². The van der Waals surface area contributed by atoms with Gasteiger partial charge in [0.05, 0.1) is 0 Å². The number of aromatic nitrogens is 2. The molecule has 0 radical (unpaired) electrons. The molecule has 1 aromatic heterocycles. The fraction of sp³-hybridized carbons (Fsp3) is 0.615. The zero-order valence-corrected chi connectivity index (χ0v) is 12.2. The van der Waals surface area contributed by atoms with E-state index in [-0.39, 0.29) is 5.84 Å². The van der Waals surface area contributed by atoms with Crippen LogP contribution >= 0.6 is 0 Å². The first-order valence-corrected chi connectivity index (χ1v) is 6.47. The highest BCUT2D eigenvalue weighted by molar-refractivity contribution is 5.93. The molecule has 0 aromatic carbocycles. The minimum Gasteiger partial charge on any atom is -0.382 e. The molecule has 3 N–H and O–H groups in total. The van der Waals surface area contributed by atoms with E-state index in [1.165, 1.54) is 0 Å². The number of likely N-dealkylation sites (N-methyl/N-ethyl adjacent to an activating group) is 1. The van der Waals surface area contributed by atoms with Crippen LogP contribution in [-0.2, 0) is 0 Å². The summed E-state index contributed by atoms with van der Waals surface area (Å²) in [5.41, 5.74) is 5.95. The molecule has 106 valence electrons. The number of hydrogen-bond donors (Lipinski definition) is 2. The third-order valence-electron chi connectivity index (χ3n) is 2.60. The van der Waals surface area contributed by atoms with Gasteiger partial charge in [-0.25, -0.2) is 9.97 Å². The molecule has 0 fully saturated rings. The summed E-state index contributed by atoms with van der Waals surface area (Å²) in [7, 11) is 4.08. The molecule has 0 aliphatic rings. The van der Waals surface area contributed by atoms with Crippen LogP contribution in [0.5, 0.6) is 0 Å². The lowest BCUT2D eigenvalue weighted by molar-refractivity contribution is 0.407. The van der Waals surface area contributed by atoms with E-state index in [4.69, 9.17) is 11.1 Å². The predicted molar refractivity (Wildman–Crippen MR) is 78.7 cm³/mol. The summed E-state index contributed by atoms with van der Waals surface area (Å²) >= 11 is 0. The fourth-order valence-corrected chi connectivity index (χ4v) is 1.69. The highest BCUT2D eigenvalue weighted by Crippen LogP contribution is 2.10. The summed E-state index contributed by atoms with van der Waals surface area (Å²) in [5, 5.41) is 7.45. The van der Waals surface area contributed by atoms with Crippen LogP contribution in [0.4, 0.5) is 5.95 Å². The van der Waals surface area contributed by atoms with Gasteiger partial charge in [0.25, 0.3) is 0 Å². The zero-order valence-electron chi connectivity index (χ0n) is 12.2. The summed E-state index contributed by atoms with van der Waals surface area (Å²) in [4.78, 5) is 12.9. The molecule has 0 aliphatic heterocycles. The molecule has 0 spiro atoms. The van der Waals surface area contributed by atoms with E-state index >= 15 is 0 Å². The second-order valence-corrected chi connectivity index (χ2v) is 5.30. The molecule has 1 heterocycles. The van der Waals surface area contributed by atoms with Crippen molar-refractivity contribution in [3.63, 3.8) is 0 Å². The van der Waals surface area contributed by atoms with Gasteiger partial charge in [-0.1, -0.05) is 13.8 Å². The van der Waals surface area contributed by atoms with E-state index in [1.807, 2.05) is 14.1 Å². The number of anilines is 1. The second-order valence-electron chi connectivity index (χ2n) is 5.30. The quantitative estimate of drug-likeness (QED) is 0.562. The highest BCUT2D eigenvalue weighted by Gasteiger charge is 2.13. The van der Waals surface area contributed by atoms with E-state index < -0.39 is 0 Å². The van der Waals surface area contributed by atoms with Gasteiger partial charge in [0.2, 0.25) is 5.95 Å². The van der Waals surface area contributed by atoms with Crippen LogP contribution in [0.25, 0.3) is 0 Å². The highest BCUT2D eigenvalue weighted by atomic mass is 15.3. The Morgan fingerprint density at radius 1 is 1.37 bits per heavy atom. The van der Waals surface area contributed by atoms with Crippen LogP contribution < -0.4 is 10.6 Å². The Morgan fingerprint density at radius 2 is 2.05 bits per heavy atom. The molecule has 1 aromatic rings. The number of amidine groups is 1. The molecule has 0 aliphatic carbocycles. The van der Waals surface area contributed by atoms with Crippen molar-refractivity contribution in [3.8, 4) is 0 Å². The summed E-state index contributed by atoms with van der Waals surface area (Å²) in [6, 6.07) is 1.66. The topological polar surface area (TPSA) is 82.1 Å². The van der Waals surface area contributed by atoms with Crippen molar-refractivity contribution in [2.24, 2.45) is 11.7 Å². The summed E-state index contributed by atoms with van der Waals surface area (Å²) in [6.07, 6.45) is 1.65. The Morgan fingerprint density at radius 3 is 2.58 bits per heavy atom. The maximum absolute atomic E-state index is 7.45. The second kappa shape index (κ2) is 7.04. The molecule has 19 heavy (non-hydrogen) atoms. The number of nitrogens with two attached hydrogens (primary N) is 1. The maximum Gasteiger partial charge on any atom is 0.226 e. The van der Waals surface area contributed by atoms with Crippen LogP contribution in [-0.4, -0.2) is 54.4 Å². The Hall–Kier alpha value is -1.69. The third-order valence-corrected chi connectivity index (χ3v) is 2.60. The largest absolute Gasteiger partial charge is 0.382 e. The predicted octanol–water partition coefficient (Wildman–Crippen LogP) is 0.785. The van der Waals surface area contributed by atoms with Crippen molar-refractivity contribution < 1.29 is 0 Å². The van der Waals surface area contributed by atoms with Gasteiger partial charge in [-0.05, 0) is 26.1 Å². The first-order valence-electron chi connectivity index (χ1n) is 6.47. The van der Waals surface area contributed by atoms with Crippen LogP contribution in [0.15, 0.2) is 12.3 Å². The van der Waals surface area contributed by atoms with Crippen molar-refractivity contribution in [2.75, 3.05) is 38.6 Å². The SMILES string of the molecule is CC(C)CN(CCN(C)C)c1nccc(C(=N)N)n1. The smallest absolute Gasteiger partial charge is 0.226 e. The van der Waals surface area contributed by atoms with E-state index in [2.05, 4.69) is 33.6 Å². The van der Waals surface area contributed by atoms with Crippen molar-refractivity contribution >= 4 is 11.8 Å². The average molecular weight is 264 g/mol. The lowest BCUT2D eigenvalue weighted by Crippen LogP contribution is -2.36. The van der Waals surface area contributed by atoms with E-state index in [0.29, 0.717) is 17.6 Å². The number of nitrogens with one attached hydrogen (secondary N) is 1. The Bertz CT molecular complexity index is 415. The molecule has 0 amide bonds. The van der Waals surface area contributed by atoms with Gasteiger partial charge in [-0.3, -0.25) is 5.41 Å². The minimum absolute atomic E-state index is 0.0271. The number of hydrogen-bond acceptors (Lipinski definition) is 5. The normalized spacial score (nSPS) is 11.1. The molecule has 0 saturated heterocycles. The average Bonchev–Trinajstić information content (AvgIpc) is 2.34. The molecule has 0 saturated carbocycles. The van der Waals surface area contributed by atoms with E-state index in [9.17, 15) is 0 Å². The molecular formula is C13H24N6. The van der Waals surface area contributed by atoms with Crippen LogP contribution in [0, 0.1) is 11.3 Å². The zero-order chi connectivity index (χ0) is 14.4. The van der Waals surface area contributed by atoms with Gasteiger partial charge in [0.15, 0.2) is 0 Å². The monoisotopic (exact) mass is 264 g/mol. The van der Waals surface area contributed by atoms with Gasteiger partial charge in [0.1, 0.15) is 11.5 Å². The summed E-state index contributed by atoms with van der Waals surface area (Å²) < 4.78 is 0. The van der Waals surface area contributed by atoms with Crippen molar-refractivity contribution in [1.82, 2.24) is 14.9 Å². The Balaban J connectivity index is 2.89. The van der Waals surface area contributed by atoms with Gasteiger partial charge < -0.3 is 15.5 Å². The lowest BCUT2D eigenvalue weighted by atomic mass is 10.2. The minimum atomic E-state index is -0.0271. The lowest BCUT2D eigenvalue weighted by Gasteiger charge is -2.26. The molecular weight excluding hydrogens is 240 g/mol. The van der Waals surface area contributed by atoms with Crippen molar-refractivity contribution in [1.29, 1.82) is 5.41 Å². The fourth-order valence-electron chi connectivity index (χ4n) is 1.69. The van der Waals surface area contributed by atoms with Crippen molar-refractivity contribution in [2.45, 2.75) is 13.8 Å². The van der Waals surface area contributed by atoms with Crippen molar-refractivity contribution in [3.05, 3.63) is 18.0 Å². The number of rotatable bonds is 7. The molecule has 6 heteroatoms. The third kappa shape index (κ3) is 5.21. The summed E-state index contributed by atoms with van der Waals surface area (Å²) in [6.45, 7) is 7.00. The van der Waals surface area contributed by atoms with Crippen LogP contribution in [0.3, 0.4) is 0 Å². The van der Waals surface area contributed by atoms with Gasteiger partial charge >= 0.3 is 0 Å². The Labute approximate surface area is 115 Å². The number of nitrogens with zero attached hydrogens (tertiary/aromatic N) is 4. The Kier molecular flexibility index (Phi) is 5.69. The van der Waals surface area contributed by atoms with Gasteiger partial charge in [-0.15, -0.1) is 0 Å². The first kappa shape index (κ1) is 15.4. The molecule has 0 bridgehead atoms.